The van der Waals surface area contributed by atoms with Crippen LogP contribution >= 0.6 is 0 Å². The lowest BCUT2D eigenvalue weighted by molar-refractivity contribution is 0.340. The zero-order chi connectivity index (χ0) is 14.7. The Morgan fingerprint density at radius 2 is 1.86 bits per heavy atom. The van der Waals surface area contributed by atoms with Gasteiger partial charge in [0.1, 0.15) is 5.75 Å². The fourth-order valence-corrected chi connectivity index (χ4v) is 3.07. The highest BCUT2D eigenvalue weighted by Gasteiger charge is 2.43. The van der Waals surface area contributed by atoms with Crippen molar-refractivity contribution in [3.63, 3.8) is 0 Å². The summed E-state index contributed by atoms with van der Waals surface area (Å²) in [6.07, 6.45) is 1.19. The Morgan fingerprint density at radius 1 is 1.14 bits per heavy atom. The SMILES string of the molecule is CCOc1ccc(C(NN)C2CC2c2ccccc2)cc1. The number of nitrogens with two attached hydrogens (primary N) is 1. The summed E-state index contributed by atoms with van der Waals surface area (Å²) >= 11 is 0. The summed E-state index contributed by atoms with van der Waals surface area (Å²) in [5.74, 6) is 7.89. The minimum atomic E-state index is 0.200. The molecule has 21 heavy (non-hydrogen) atoms. The Bertz CT molecular complexity index is 568. The maximum Gasteiger partial charge on any atom is 0.119 e. The van der Waals surface area contributed by atoms with Crippen LogP contribution < -0.4 is 16.0 Å². The normalized spacial score (nSPS) is 21.8. The van der Waals surface area contributed by atoms with Crippen LogP contribution in [-0.2, 0) is 0 Å². The van der Waals surface area contributed by atoms with Crippen molar-refractivity contribution in [1.82, 2.24) is 5.43 Å². The van der Waals surface area contributed by atoms with Crippen molar-refractivity contribution in [2.45, 2.75) is 25.3 Å². The quantitative estimate of drug-likeness (QED) is 0.630. The van der Waals surface area contributed by atoms with Crippen molar-refractivity contribution >= 4 is 0 Å². The molecule has 1 saturated carbocycles. The maximum absolute atomic E-state index is 5.80. The van der Waals surface area contributed by atoms with E-state index in [1.807, 2.05) is 19.1 Å². The minimum Gasteiger partial charge on any atom is -0.494 e. The molecule has 0 heterocycles. The van der Waals surface area contributed by atoms with E-state index in [2.05, 4.69) is 47.9 Å². The number of nitrogens with one attached hydrogen (secondary N) is 1. The Kier molecular flexibility index (Phi) is 4.23. The van der Waals surface area contributed by atoms with Gasteiger partial charge in [-0.05, 0) is 48.4 Å². The van der Waals surface area contributed by atoms with E-state index in [-0.39, 0.29) is 6.04 Å². The largest absolute Gasteiger partial charge is 0.494 e. The second kappa shape index (κ2) is 6.29. The number of benzene rings is 2. The number of ether oxygens (including phenoxy) is 1. The molecule has 2 aromatic carbocycles. The minimum absolute atomic E-state index is 0.200. The third kappa shape index (κ3) is 3.09. The van der Waals surface area contributed by atoms with Crippen LogP contribution in [0.2, 0.25) is 0 Å². The number of hydrazine groups is 1. The molecule has 3 unspecified atom stereocenters. The van der Waals surface area contributed by atoms with Crippen molar-refractivity contribution < 1.29 is 4.74 Å². The summed E-state index contributed by atoms with van der Waals surface area (Å²) in [5.41, 5.74) is 5.63. The van der Waals surface area contributed by atoms with Gasteiger partial charge in [-0.15, -0.1) is 0 Å². The first-order chi connectivity index (χ1) is 10.3. The van der Waals surface area contributed by atoms with Crippen molar-refractivity contribution in [2.24, 2.45) is 11.8 Å². The highest BCUT2D eigenvalue weighted by molar-refractivity contribution is 5.33. The second-order valence-electron chi connectivity index (χ2n) is 5.56. The Hall–Kier alpha value is -1.84. The molecule has 1 fully saturated rings. The molecule has 2 aromatic rings. The third-order valence-corrected chi connectivity index (χ3v) is 4.23. The molecule has 1 aliphatic rings. The molecule has 0 amide bonds. The van der Waals surface area contributed by atoms with Crippen LogP contribution in [0.1, 0.15) is 36.4 Å². The molecule has 0 spiro atoms. The van der Waals surface area contributed by atoms with Gasteiger partial charge in [-0.2, -0.15) is 0 Å². The standard InChI is InChI=1S/C18H22N2O/c1-2-21-15-10-8-14(9-11-15)18(20-19)17-12-16(17)13-6-4-3-5-7-13/h3-11,16-18,20H,2,12,19H2,1H3. The van der Waals surface area contributed by atoms with Crippen molar-refractivity contribution in [2.75, 3.05) is 6.61 Å². The molecule has 3 nitrogen and oxygen atoms in total. The van der Waals surface area contributed by atoms with Gasteiger partial charge < -0.3 is 4.74 Å². The van der Waals surface area contributed by atoms with Crippen molar-refractivity contribution in [3.8, 4) is 5.75 Å². The molecule has 0 radical (unpaired) electrons. The molecule has 110 valence electrons. The third-order valence-electron chi connectivity index (χ3n) is 4.23. The van der Waals surface area contributed by atoms with Crippen LogP contribution in [-0.4, -0.2) is 6.61 Å². The molecule has 3 atom stereocenters. The van der Waals surface area contributed by atoms with E-state index in [1.165, 1.54) is 17.5 Å². The topological polar surface area (TPSA) is 47.3 Å². The average molecular weight is 282 g/mol. The zero-order valence-corrected chi connectivity index (χ0v) is 12.3. The summed E-state index contributed by atoms with van der Waals surface area (Å²) in [6, 6.07) is 19.1. The lowest BCUT2D eigenvalue weighted by Crippen LogP contribution is -2.29. The van der Waals surface area contributed by atoms with Gasteiger partial charge in [-0.3, -0.25) is 11.3 Å². The molecule has 0 aromatic heterocycles. The summed E-state index contributed by atoms with van der Waals surface area (Å²) in [6.45, 7) is 2.68. The predicted octanol–water partition coefficient (Wildman–Crippen LogP) is 3.39. The second-order valence-corrected chi connectivity index (χ2v) is 5.56. The van der Waals surface area contributed by atoms with Crippen molar-refractivity contribution in [3.05, 3.63) is 65.7 Å². The average Bonchev–Trinajstić information content (AvgIpc) is 3.31. The molecule has 0 aliphatic heterocycles. The highest BCUT2D eigenvalue weighted by Crippen LogP contribution is 2.53. The van der Waals surface area contributed by atoms with E-state index in [0.29, 0.717) is 18.4 Å². The first-order valence-corrected chi connectivity index (χ1v) is 7.57. The van der Waals surface area contributed by atoms with E-state index in [1.54, 1.807) is 0 Å². The van der Waals surface area contributed by atoms with Crippen LogP contribution in [0.3, 0.4) is 0 Å². The summed E-state index contributed by atoms with van der Waals surface area (Å²) in [4.78, 5) is 0. The monoisotopic (exact) mass is 282 g/mol. The van der Waals surface area contributed by atoms with Gasteiger partial charge in [0, 0.05) is 6.04 Å². The van der Waals surface area contributed by atoms with E-state index >= 15 is 0 Å². The molecule has 1 aliphatic carbocycles. The molecular weight excluding hydrogens is 260 g/mol. The number of hydrogen-bond donors (Lipinski definition) is 2. The van der Waals surface area contributed by atoms with Crippen molar-refractivity contribution in [1.29, 1.82) is 0 Å². The molecule has 0 bridgehead atoms. The summed E-state index contributed by atoms with van der Waals surface area (Å²) < 4.78 is 5.49. The van der Waals surface area contributed by atoms with Gasteiger partial charge in [0.2, 0.25) is 0 Å². The fraction of sp³-hybridized carbons (Fsp3) is 0.333. The molecule has 3 rings (SSSR count). The molecule has 3 heteroatoms. The van der Waals surface area contributed by atoms with Crippen LogP contribution in [0.4, 0.5) is 0 Å². The zero-order valence-electron chi connectivity index (χ0n) is 12.3. The van der Waals surface area contributed by atoms with Gasteiger partial charge in [-0.1, -0.05) is 42.5 Å². The van der Waals surface area contributed by atoms with E-state index in [9.17, 15) is 0 Å². The smallest absolute Gasteiger partial charge is 0.119 e. The lowest BCUT2D eigenvalue weighted by atomic mass is 9.99. The molecule has 0 saturated heterocycles. The van der Waals surface area contributed by atoms with Gasteiger partial charge in [0.05, 0.1) is 6.61 Å². The Labute approximate surface area is 126 Å². The van der Waals surface area contributed by atoms with Crippen LogP contribution in [0.15, 0.2) is 54.6 Å². The van der Waals surface area contributed by atoms with Gasteiger partial charge in [0.25, 0.3) is 0 Å². The van der Waals surface area contributed by atoms with Crippen LogP contribution in [0.25, 0.3) is 0 Å². The summed E-state index contributed by atoms with van der Waals surface area (Å²) in [5, 5.41) is 0. The maximum atomic E-state index is 5.80. The van der Waals surface area contributed by atoms with Gasteiger partial charge in [-0.25, -0.2) is 0 Å². The molecular formula is C18H22N2O. The van der Waals surface area contributed by atoms with Gasteiger partial charge in [0.15, 0.2) is 0 Å². The van der Waals surface area contributed by atoms with Crippen LogP contribution in [0, 0.1) is 5.92 Å². The van der Waals surface area contributed by atoms with E-state index in [4.69, 9.17) is 10.6 Å². The first kappa shape index (κ1) is 14.1. The first-order valence-electron chi connectivity index (χ1n) is 7.57. The number of hydrogen-bond acceptors (Lipinski definition) is 3. The lowest BCUT2D eigenvalue weighted by Gasteiger charge is -2.17. The predicted molar refractivity (Wildman–Crippen MR) is 85.0 cm³/mol. The Morgan fingerprint density at radius 3 is 2.48 bits per heavy atom. The fourth-order valence-electron chi connectivity index (χ4n) is 3.07. The Balaban J connectivity index is 1.71. The molecule has 3 N–H and O–H groups in total. The van der Waals surface area contributed by atoms with E-state index < -0.39 is 0 Å². The van der Waals surface area contributed by atoms with Gasteiger partial charge >= 0.3 is 0 Å². The summed E-state index contributed by atoms with van der Waals surface area (Å²) in [7, 11) is 0. The van der Waals surface area contributed by atoms with Crippen LogP contribution in [0.5, 0.6) is 5.75 Å². The highest BCUT2D eigenvalue weighted by atomic mass is 16.5. The number of rotatable bonds is 6. The van der Waals surface area contributed by atoms with E-state index in [0.717, 1.165) is 5.75 Å².